The van der Waals surface area contributed by atoms with Crippen molar-refractivity contribution in [3.05, 3.63) is 0 Å². The van der Waals surface area contributed by atoms with Gasteiger partial charge in [-0.1, -0.05) is 13.8 Å². The molecule has 0 heterocycles. The van der Waals surface area contributed by atoms with Crippen LogP contribution in [0.3, 0.4) is 0 Å². The van der Waals surface area contributed by atoms with Crippen molar-refractivity contribution in [2.24, 2.45) is 5.92 Å². The lowest BCUT2D eigenvalue weighted by molar-refractivity contribution is -0.503. The van der Waals surface area contributed by atoms with Crippen LogP contribution in [0.1, 0.15) is 53.9 Å². The summed E-state index contributed by atoms with van der Waals surface area (Å²) in [7, 11) is 0. The van der Waals surface area contributed by atoms with Crippen molar-refractivity contribution in [3.8, 4) is 0 Å². The van der Waals surface area contributed by atoms with E-state index in [0.717, 1.165) is 6.42 Å². The molecule has 0 bridgehead atoms. The molecule has 120 valence electrons. The van der Waals surface area contributed by atoms with E-state index in [9.17, 15) is 4.79 Å². The first kappa shape index (κ1) is 19.1. The molecule has 0 aliphatic carbocycles. The Morgan fingerprint density at radius 2 is 1.80 bits per heavy atom. The molecule has 0 aliphatic heterocycles. The van der Waals surface area contributed by atoms with Gasteiger partial charge in [0.25, 0.3) is 0 Å². The van der Waals surface area contributed by atoms with Crippen molar-refractivity contribution in [2.45, 2.75) is 65.6 Å². The van der Waals surface area contributed by atoms with E-state index in [4.69, 9.17) is 19.9 Å². The first-order chi connectivity index (χ1) is 9.15. The monoisotopic (exact) mass is 293 g/mol. The van der Waals surface area contributed by atoms with E-state index in [2.05, 4.69) is 4.84 Å². The second-order valence-corrected chi connectivity index (χ2v) is 5.62. The van der Waals surface area contributed by atoms with Gasteiger partial charge in [-0.25, -0.2) is 9.63 Å². The van der Waals surface area contributed by atoms with E-state index in [1.165, 1.54) is 0 Å². The van der Waals surface area contributed by atoms with E-state index in [-0.39, 0.29) is 24.0 Å². The second-order valence-electron chi connectivity index (χ2n) is 5.62. The van der Waals surface area contributed by atoms with Crippen LogP contribution in [0.2, 0.25) is 0 Å². The van der Waals surface area contributed by atoms with E-state index in [0.29, 0.717) is 12.8 Å². The molecular formula is C13H27NO6. The van der Waals surface area contributed by atoms with Gasteiger partial charge in [-0.2, -0.15) is 0 Å². The van der Waals surface area contributed by atoms with Gasteiger partial charge in [0.15, 0.2) is 0 Å². The van der Waals surface area contributed by atoms with Gasteiger partial charge in [0.1, 0.15) is 5.60 Å². The minimum Gasteiger partial charge on any atom is -0.434 e. The van der Waals surface area contributed by atoms with Crippen LogP contribution < -0.4 is 0 Å². The highest BCUT2D eigenvalue weighted by Gasteiger charge is 2.27. The normalized spacial score (nSPS) is 13.7. The fourth-order valence-electron chi connectivity index (χ4n) is 1.27. The first-order valence-corrected chi connectivity index (χ1v) is 6.85. The van der Waals surface area contributed by atoms with E-state index >= 15 is 0 Å². The third-order valence-electron chi connectivity index (χ3n) is 3.24. The van der Waals surface area contributed by atoms with Gasteiger partial charge in [-0.05, 0) is 46.0 Å². The molecule has 0 fully saturated rings. The van der Waals surface area contributed by atoms with Gasteiger partial charge in [-0.15, -0.1) is 0 Å². The predicted octanol–water partition coefficient (Wildman–Crippen LogP) is 3.15. The summed E-state index contributed by atoms with van der Waals surface area (Å²) in [5.74, 6) is 0.202. The van der Waals surface area contributed by atoms with E-state index in [1.54, 1.807) is 6.92 Å². The molecule has 0 aromatic rings. The maximum atomic E-state index is 11.5. The van der Waals surface area contributed by atoms with Crippen molar-refractivity contribution in [1.82, 2.24) is 5.39 Å². The average Bonchev–Trinajstić information content (AvgIpc) is 2.26. The molecule has 7 nitrogen and oxygen atoms in total. The summed E-state index contributed by atoms with van der Waals surface area (Å²) in [6.07, 6.45) is 1.02. The number of hydrogen-bond acceptors (Lipinski definition) is 7. The Kier molecular flexibility index (Phi) is 8.71. The maximum absolute atomic E-state index is 11.5. The molecule has 0 amide bonds. The number of ether oxygens (including phenoxy) is 2. The molecule has 0 aromatic carbocycles. The fourth-order valence-corrected chi connectivity index (χ4v) is 1.27. The largest absolute Gasteiger partial charge is 0.508 e. The molecule has 1 unspecified atom stereocenters. The third-order valence-corrected chi connectivity index (χ3v) is 3.24. The first-order valence-electron chi connectivity index (χ1n) is 6.85. The van der Waals surface area contributed by atoms with Crippen LogP contribution in [0.5, 0.6) is 0 Å². The van der Waals surface area contributed by atoms with Crippen molar-refractivity contribution < 1.29 is 29.5 Å². The highest BCUT2D eigenvalue weighted by molar-refractivity contribution is 5.60. The number of hydrogen-bond donors (Lipinski definition) is 2. The van der Waals surface area contributed by atoms with Crippen LogP contribution in [0, 0.1) is 5.92 Å². The molecule has 1 atom stereocenters. The minimum atomic E-state index is -0.662. The predicted molar refractivity (Wildman–Crippen MR) is 71.2 cm³/mol. The lowest BCUT2D eigenvalue weighted by atomic mass is 9.95. The molecule has 0 aliphatic rings. The van der Waals surface area contributed by atoms with Crippen LogP contribution in [0.15, 0.2) is 0 Å². The zero-order valence-corrected chi connectivity index (χ0v) is 13.0. The quantitative estimate of drug-likeness (QED) is 0.383. The summed E-state index contributed by atoms with van der Waals surface area (Å²) in [6, 6.07) is 0. The summed E-state index contributed by atoms with van der Waals surface area (Å²) in [5, 5.41) is 16.6. The molecule has 0 saturated heterocycles. The average molecular weight is 293 g/mol. The van der Waals surface area contributed by atoms with Crippen LogP contribution >= 0.6 is 0 Å². The van der Waals surface area contributed by atoms with Crippen LogP contribution in [0.4, 0.5) is 4.79 Å². The Bertz CT molecular complexity index is 280. The molecule has 0 spiro atoms. The zero-order chi connectivity index (χ0) is 15.8. The molecule has 2 N–H and O–H groups in total. The van der Waals surface area contributed by atoms with Crippen molar-refractivity contribution in [3.63, 3.8) is 0 Å². The molecule has 0 rings (SSSR count). The third kappa shape index (κ3) is 9.08. The SMILES string of the molecule is CC(CCCCOC(=O)OC(C)(C)C(C)C)ON(O)O. The maximum Gasteiger partial charge on any atom is 0.508 e. The highest BCUT2D eigenvalue weighted by Crippen LogP contribution is 2.21. The van der Waals surface area contributed by atoms with Crippen molar-refractivity contribution >= 4 is 6.16 Å². The van der Waals surface area contributed by atoms with Gasteiger partial charge in [0, 0.05) is 0 Å². The minimum absolute atomic E-state index is 0.202. The summed E-state index contributed by atoms with van der Waals surface area (Å²) in [5.41, 5.74) is -0.550. The lowest BCUT2D eigenvalue weighted by Gasteiger charge is -2.28. The highest BCUT2D eigenvalue weighted by atomic mass is 17.1. The fraction of sp³-hybridized carbons (Fsp3) is 0.923. The zero-order valence-electron chi connectivity index (χ0n) is 13.0. The number of carbonyl (C=O) groups excluding carboxylic acids is 1. The van der Waals surface area contributed by atoms with Crippen LogP contribution in [-0.4, -0.2) is 40.3 Å². The van der Waals surface area contributed by atoms with Gasteiger partial charge >= 0.3 is 6.16 Å². The molecule has 0 saturated carbocycles. The van der Waals surface area contributed by atoms with E-state index in [1.807, 2.05) is 27.7 Å². The summed E-state index contributed by atoms with van der Waals surface area (Å²) in [4.78, 5) is 16.0. The Labute approximate surface area is 120 Å². The summed E-state index contributed by atoms with van der Waals surface area (Å²) in [6.45, 7) is 9.60. The van der Waals surface area contributed by atoms with Crippen molar-refractivity contribution in [2.75, 3.05) is 6.61 Å². The Morgan fingerprint density at radius 3 is 2.30 bits per heavy atom. The standard InChI is InChI=1S/C13H27NO6/c1-10(2)13(4,5)19-12(15)18-9-7-6-8-11(3)20-14(16)17/h10-11,16-17H,6-9H2,1-5H3. The van der Waals surface area contributed by atoms with Crippen LogP contribution in [0.25, 0.3) is 0 Å². The smallest absolute Gasteiger partial charge is 0.434 e. The Morgan fingerprint density at radius 1 is 1.20 bits per heavy atom. The Hall–Kier alpha value is -0.890. The van der Waals surface area contributed by atoms with Crippen LogP contribution in [-0.2, 0) is 14.3 Å². The number of rotatable bonds is 9. The van der Waals surface area contributed by atoms with E-state index < -0.39 is 11.8 Å². The molecular weight excluding hydrogens is 266 g/mol. The number of unbranched alkanes of at least 4 members (excludes halogenated alkanes) is 1. The number of nitrogens with zero attached hydrogens (tertiary/aromatic N) is 1. The molecule has 0 radical (unpaired) electrons. The molecule has 7 heteroatoms. The lowest BCUT2D eigenvalue weighted by Crippen LogP contribution is -2.34. The van der Waals surface area contributed by atoms with Gasteiger partial charge < -0.3 is 9.47 Å². The molecule has 0 aromatic heterocycles. The Balaban J connectivity index is 3.68. The van der Waals surface area contributed by atoms with Gasteiger partial charge in [0.2, 0.25) is 0 Å². The van der Waals surface area contributed by atoms with Crippen molar-refractivity contribution in [1.29, 1.82) is 0 Å². The summed E-state index contributed by atoms with van der Waals surface area (Å²) < 4.78 is 10.2. The van der Waals surface area contributed by atoms with Gasteiger partial charge in [0.05, 0.1) is 18.1 Å². The second kappa shape index (κ2) is 9.12. The number of carbonyl (C=O) groups is 1. The summed E-state index contributed by atoms with van der Waals surface area (Å²) >= 11 is 0. The van der Waals surface area contributed by atoms with Gasteiger partial charge in [-0.3, -0.25) is 10.4 Å². The topological polar surface area (TPSA) is 88.5 Å². The molecule has 20 heavy (non-hydrogen) atoms.